The minimum Gasteiger partial charge on any atom is -0.494 e. The van der Waals surface area contributed by atoms with Gasteiger partial charge in [-0.15, -0.1) is 5.10 Å². The fourth-order valence-electron chi connectivity index (χ4n) is 3.60. The molecule has 0 fully saturated rings. The first-order valence-electron chi connectivity index (χ1n) is 9.89. The molecule has 32 heavy (non-hydrogen) atoms. The van der Waals surface area contributed by atoms with Gasteiger partial charge in [-0.05, 0) is 48.4 Å². The molecular formula is C23H19F3N4O2. The first-order valence-corrected chi connectivity index (χ1v) is 9.89. The van der Waals surface area contributed by atoms with E-state index in [0.717, 1.165) is 24.1 Å². The third kappa shape index (κ3) is 3.87. The number of halogens is 3. The molecule has 0 amide bonds. The number of benzene rings is 2. The molecule has 0 radical (unpaired) electrons. The molecule has 3 N–H and O–H groups in total. The number of aromatic amines is 1. The van der Waals surface area contributed by atoms with Gasteiger partial charge in [-0.25, -0.2) is 0 Å². The molecule has 0 unspecified atom stereocenters. The topological polar surface area (TPSA) is 97.0 Å². The van der Waals surface area contributed by atoms with Gasteiger partial charge in [0.15, 0.2) is 0 Å². The highest BCUT2D eigenvalue weighted by Gasteiger charge is 2.36. The van der Waals surface area contributed by atoms with Crippen molar-refractivity contribution >= 4 is 0 Å². The van der Waals surface area contributed by atoms with Gasteiger partial charge in [-0.3, -0.25) is 5.10 Å². The molecule has 1 atom stereocenters. The van der Waals surface area contributed by atoms with E-state index in [0.29, 0.717) is 29.2 Å². The standard InChI is InChI=1S/C23H19F3N4O2/c1-2-11-31-16-9-5-14(6-10-16)20-19-18(13-3-7-15(8-4-13)23(24,25)26)17(12-27)21(28)32-22(19)30-29-20/h3-10,18H,2,11,28H2,1H3,(H,29,30)/t18-/m1/s1. The SMILES string of the molecule is CCCOc1ccc(-c2[nH]nc3c2[C@H](c2ccc(C(F)(F)F)cc2)C(C#N)=C(N)O3)cc1. The van der Waals surface area contributed by atoms with E-state index in [1.54, 1.807) is 0 Å². The second-order valence-corrected chi connectivity index (χ2v) is 7.23. The Labute approximate surface area is 182 Å². The summed E-state index contributed by atoms with van der Waals surface area (Å²) in [5, 5.41) is 16.8. The van der Waals surface area contributed by atoms with Gasteiger partial charge in [-0.1, -0.05) is 19.1 Å². The van der Waals surface area contributed by atoms with Crippen molar-refractivity contribution in [3.63, 3.8) is 0 Å². The maximum Gasteiger partial charge on any atom is 0.416 e. The Balaban J connectivity index is 1.79. The van der Waals surface area contributed by atoms with Crippen LogP contribution in [-0.4, -0.2) is 16.8 Å². The van der Waals surface area contributed by atoms with Gasteiger partial charge in [0.2, 0.25) is 11.8 Å². The molecule has 0 aliphatic carbocycles. The van der Waals surface area contributed by atoms with Crippen LogP contribution in [-0.2, 0) is 6.18 Å². The number of alkyl halides is 3. The van der Waals surface area contributed by atoms with Gasteiger partial charge in [0, 0.05) is 5.56 Å². The fourth-order valence-corrected chi connectivity index (χ4v) is 3.60. The van der Waals surface area contributed by atoms with Crippen LogP contribution in [0.5, 0.6) is 11.6 Å². The lowest BCUT2D eigenvalue weighted by atomic mass is 9.83. The number of allylic oxidation sites excluding steroid dienone is 1. The third-order valence-corrected chi connectivity index (χ3v) is 5.13. The smallest absolute Gasteiger partial charge is 0.416 e. The summed E-state index contributed by atoms with van der Waals surface area (Å²) in [4.78, 5) is 0. The first kappa shape index (κ1) is 21.3. The van der Waals surface area contributed by atoms with Crippen molar-refractivity contribution in [1.29, 1.82) is 5.26 Å². The molecule has 1 aliphatic rings. The molecule has 4 rings (SSSR count). The molecule has 0 saturated carbocycles. The van der Waals surface area contributed by atoms with Gasteiger partial charge < -0.3 is 15.2 Å². The second-order valence-electron chi connectivity index (χ2n) is 7.23. The molecule has 2 heterocycles. The van der Waals surface area contributed by atoms with Crippen molar-refractivity contribution in [2.45, 2.75) is 25.4 Å². The fraction of sp³-hybridized carbons (Fsp3) is 0.217. The lowest BCUT2D eigenvalue weighted by Crippen LogP contribution is -2.21. The summed E-state index contributed by atoms with van der Waals surface area (Å²) >= 11 is 0. The summed E-state index contributed by atoms with van der Waals surface area (Å²) in [6.45, 7) is 2.61. The molecule has 0 spiro atoms. The second kappa shape index (κ2) is 8.30. The van der Waals surface area contributed by atoms with E-state index >= 15 is 0 Å². The van der Waals surface area contributed by atoms with E-state index < -0.39 is 17.7 Å². The van der Waals surface area contributed by atoms with Crippen LogP contribution in [0.25, 0.3) is 11.3 Å². The zero-order valence-corrected chi connectivity index (χ0v) is 17.0. The molecule has 6 nitrogen and oxygen atoms in total. The zero-order chi connectivity index (χ0) is 22.9. The number of nitrogens with two attached hydrogens (primary N) is 1. The lowest BCUT2D eigenvalue weighted by Gasteiger charge is -2.24. The third-order valence-electron chi connectivity index (χ3n) is 5.13. The number of fused-ring (bicyclic) bond motifs is 1. The number of nitriles is 1. The Morgan fingerprint density at radius 2 is 1.84 bits per heavy atom. The van der Waals surface area contributed by atoms with E-state index in [4.69, 9.17) is 15.2 Å². The van der Waals surface area contributed by atoms with E-state index in [9.17, 15) is 18.4 Å². The minimum absolute atomic E-state index is 0.0998. The lowest BCUT2D eigenvalue weighted by molar-refractivity contribution is -0.137. The van der Waals surface area contributed by atoms with Crippen LogP contribution in [0, 0.1) is 11.3 Å². The largest absolute Gasteiger partial charge is 0.494 e. The maximum atomic E-state index is 13.0. The van der Waals surface area contributed by atoms with Crippen molar-refractivity contribution in [3.05, 3.63) is 76.7 Å². The quantitative estimate of drug-likeness (QED) is 0.575. The van der Waals surface area contributed by atoms with Crippen LogP contribution < -0.4 is 15.2 Å². The zero-order valence-electron chi connectivity index (χ0n) is 17.0. The molecule has 1 aromatic heterocycles. The number of nitrogens with zero attached hydrogens (tertiary/aromatic N) is 2. The maximum absolute atomic E-state index is 13.0. The van der Waals surface area contributed by atoms with Crippen molar-refractivity contribution in [2.24, 2.45) is 5.73 Å². The normalized spacial score (nSPS) is 15.7. The molecule has 3 aromatic rings. The average Bonchev–Trinajstić information content (AvgIpc) is 3.19. The summed E-state index contributed by atoms with van der Waals surface area (Å²) in [6.07, 6.45) is -3.58. The molecule has 9 heteroatoms. The van der Waals surface area contributed by atoms with Crippen LogP contribution in [0.3, 0.4) is 0 Å². The van der Waals surface area contributed by atoms with Gasteiger partial charge in [-0.2, -0.15) is 18.4 Å². The highest BCUT2D eigenvalue weighted by molar-refractivity contribution is 5.71. The number of aromatic nitrogens is 2. The van der Waals surface area contributed by atoms with Crippen LogP contribution in [0.2, 0.25) is 0 Å². The summed E-state index contributed by atoms with van der Waals surface area (Å²) in [7, 11) is 0. The van der Waals surface area contributed by atoms with Crippen LogP contribution in [0.4, 0.5) is 13.2 Å². The summed E-state index contributed by atoms with van der Waals surface area (Å²) in [5.41, 5.74) is 7.57. The Bertz CT molecular complexity index is 1190. The predicted molar refractivity (Wildman–Crippen MR) is 111 cm³/mol. The van der Waals surface area contributed by atoms with Crippen LogP contribution >= 0.6 is 0 Å². The highest BCUT2D eigenvalue weighted by Crippen LogP contribution is 2.46. The molecule has 2 aromatic carbocycles. The number of hydrogen-bond acceptors (Lipinski definition) is 5. The highest BCUT2D eigenvalue weighted by atomic mass is 19.4. The van der Waals surface area contributed by atoms with Gasteiger partial charge in [0.1, 0.15) is 17.4 Å². The van der Waals surface area contributed by atoms with Crippen molar-refractivity contribution in [2.75, 3.05) is 6.61 Å². The monoisotopic (exact) mass is 440 g/mol. The van der Waals surface area contributed by atoms with Crippen LogP contribution in [0.15, 0.2) is 60.0 Å². The molecule has 1 aliphatic heterocycles. The van der Waals surface area contributed by atoms with E-state index in [1.165, 1.54) is 12.1 Å². The van der Waals surface area contributed by atoms with Crippen molar-refractivity contribution in [3.8, 4) is 29.0 Å². The average molecular weight is 440 g/mol. The predicted octanol–water partition coefficient (Wildman–Crippen LogP) is 5.10. The minimum atomic E-state index is -4.46. The van der Waals surface area contributed by atoms with E-state index in [2.05, 4.69) is 10.2 Å². The molecule has 164 valence electrons. The molecule has 0 bridgehead atoms. The van der Waals surface area contributed by atoms with Crippen LogP contribution in [0.1, 0.15) is 36.0 Å². The Hall–Kier alpha value is -3.93. The Morgan fingerprint density at radius 1 is 1.16 bits per heavy atom. The molecular weight excluding hydrogens is 421 g/mol. The van der Waals surface area contributed by atoms with E-state index in [-0.39, 0.29) is 17.3 Å². The Morgan fingerprint density at radius 3 is 2.44 bits per heavy atom. The number of hydrogen-bond donors (Lipinski definition) is 2. The number of rotatable bonds is 5. The van der Waals surface area contributed by atoms with Gasteiger partial charge in [0.25, 0.3) is 0 Å². The molecule has 0 saturated heterocycles. The summed E-state index contributed by atoms with van der Waals surface area (Å²) in [6, 6.07) is 14.0. The van der Waals surface area contributed by atoms with E-state index in [1.807, 2.05) is 37.3 Å². The first-order chi connectivity index (χ1) is 15.3. The van der Waals surface area contributed by atoms with Gasteiger partial charge in [0.05, 0.1) is 29.3 Å². The Kier molecular flexibility index (Phi) is 5.53. The number of nitrogens with one attached hydrogen (secondary N) is 1. The number of ether oxygens (including phenoxy) is 2. The summed E-state index contributed by atoms with van der Waals surface area (Å²) in [5.74, 6) is 0.0103. The van der Waals surface area contributed by atoms with Crippen molar-refractivity contribution in [1.82, 2.24) is 10.2 Å². The van der Waals surface area contributed by atoms with Gasteiger partial charge >= 0.3 is 6.18 Å². The van der Waals surface area contributed by atoms with Crippen molar-refractivity contribution < 1.29 is 22.6 Å². The summed E-state index contributed by atoms with van der Waals surface area (Å²) < 4.78 is 50.2. The number of H-pyrrole nitrogens is 1.